The average Bonchev–Trinajstić information content (AvgIpc) is 2.95. The van der Waals surface area contributed by atoms with Crippen molar-refractivity contribution in [2.24, 2.45) is 0 Å². The number of sulfonamides is 1. The molecule has 1 aromatic heterocycles. The highest BCUT2D eigenvalue weighted by atomic mass is 32.2. The molecule has 27 heavy (non-hydrogen) atoms. The highest BCUT2D eigenvalue weighted by molar-refractivity contribution is 7.92. The Morgan fingerprint density at radius 2 is 1.78 bits per heavy atom. The van der Waals surface area contributed by atoms with Crippen LogP contribution in [0.15, 0.2) is 54.1 Å². The standard InChI is InChI=1S/C21H24N2O3S/c1-16-5-7-17(8-6-16)11-13-27(24,25)23-18-9-10-19(23)15-20(14-18)26-21-4-2-3-12-22-21/h2-8,11-13,18-20H,9-10,14-15H2,1H3/b13-11+. The summed E-state index contributed by atoms with van der Waals surface area (Å²) in [6.07, 6.45) is 6.62. The molecule has 1 aromatic carbocycles. The Labute approximate surface area is 160 Å². The third-order valence-corrected chi connectivity index (χ3v) is 7.02. The van der Waals surface area contributed by atoms with E-state index in [-0.39, 0.29) is 18.2 Å². The summed E-state index contributed by atoms with van der Waals surface area (Å²) < 4.78 is 33.6. The van der Waals surface area contributed by atoms with Crippen LogP contribution in [0, 0.1) is 6.92 Å². The second-order valence-corrected chi connectivity index (χ2v) is 9.08. The van der Waals surface area contributed by atoms with E-state index in [9.17, 15) is 8.42 Å². The van der Waals surface area contributed by atoms with Gasteiger partial charge in [0.15, 0.2) is 0 Å². The molecule has 4 rings (SSSR count). The lowest BCUT2D eigenvalue weighted by molar-refractivity contribution is 0.0925. The number of fused-ring (bicyclic) bond motifs is 2. The summed E-state index contributed by atoms with van der Waals surface area (Å²) in [4.78, 5) is 4.22. The second-order valence-electron chi connectivity index (χ2n) is 7.35. The van der Waals surface area contributed by atoms with Crippen LogP contribution in [0.2, 0.25) is 0 Å². The molecule has 5 nitrogen and oxygen atoms in total. The molecule has 0 amide bonds. The van der Waals surface area contributed by atoms with Gasteiger partial charge >= 0.3 is 0 Å². The van der Waals surface area contributed by atoms with Crippen LogP contribution in [0.25, 0.3) is 6.08 Å². The van der Waals surface area contributed by atoms with Gasteiger partial charge in [-0.3, -0.25) is 0 Å². The fraction of sp³-hybridized carbons (Fsp3) is 0.381. The van der Waals surface area contributed by atoms with Gasteiger partial charge in [-0.2, -0.15) is 4.31 Å². The maximum Gasteiger partial charge on any atom is 0.236 e. The summed E-state index contributed by atoms with van der Waals surface area (Å²) in [6.45, 7) is 2.01. The summed E-state index contributed by atoms with van der Waals surface area (Å²) in [5.74, 6) is 0.609. The van der Waals surface area contributed by atoms with E-state index in [0.29, 0.717) is 18.7 Å². The molecule has 2 aliphatic heterocycles. The van der Waals surface area contributed by atoms with Crippen LogP contribution in [0.1, 0.15) is 36.8 Å². The van der Waals surface area contributed by atoms with Crippen LogP contribution < -0.4 is 4.74 Å². The Kier molecular flexibility index (Phi) is 5.02. The lowest BCUT2D eigenvalue weighted by Crippen LogP contribution is -2.48. The minimum atomic E-state index is -3.44. The molecule has 2 saturated heterocycles. The lowest BCUT2D eigenvalue weighted by Gasteiger charge is -2.36. The van der Waals surface area contributed by atoms with Crippen LogP contribution in [-0.4, -0.2) is 35.9 Å². The number of hydrogen-bond donors (Lipinski definition) is 0. The van der Waals surface area contributed by atoms with Crippen molar-refractivity contribution < 1.29 is 13.2 Å². The third-order valence-electron chi connectivity index (χ3n) is 5.35. The zero-order chi connectivity index (χ0) is 18.9. The summed E-state index contributed by atoms with van der Waals surface area (Å²) in [5, 5.41) is 1.35. The van der Waals surface area contributed by atoms with Gasteiger partial charge in [0, 0.05) is 42.6 Å². The number of piperidine rings is 1. The first-order chi connectivity index (χ1) is 13.0. The molecule has 3 heterocycles. The van der Waals surface area contributed by atoms with Crippen molar-refractivity contribution in [2.45, 2.75) is 50.8 Å². The van der Waals surface area contributed by atoms with E-state index in [2.05, 4.69) is 4.98 Å². The Morgan fingerprint density at radius 3 is 2.41 bits per heavy atom. The summed E-state index contributed by atoms with van der Waals surface area (Å²) in [7, 11) is -3.44. The van der Waals surface area contributed by atoms with Crippen LogP contribution in [0.4, 0.5) is 0 Å². The zero-order valence-electron chi connectivity index (χ0n) is 15.4. The number of aromatic nitrogens is 1. The fourth-order valence-corrected chi connectivity index (χ4v) is 5.78. The van der Waals surface area contributed by atoms with Crippen molar-refractivity contribution in [2.75, 3.05) is 0 Å². The zero-order valence-corrected chi connectivity index (χ0v) is 16.2. The maximum atomic E-state index is 12.9. The van der Waals surface area contributed by atoms with Gasteiger partial charge in [0.2, 0.25) is 15.9 Å². The molecular formula is C21H24N2O3S. The number of nitrogens with zero attached hydrogens (tertiary/aromatic N) is 2. The number of benzene rings is 1. The molecule has 2 unspecified atom stereocenters. The normalized spacial score (nSPS) is 25.7. The van der Waals surface area contributed by atoms with E-state index < -0.39 is 10.0 Å². The molecule has 2 aliphatic rings. The third kappa shape index (κ3) is 4.06. The summed E-state index contributed by atoms with van der Waals surface area (Å²) in [6, 6.07) is 13.4. The molecule has 6 heteroatoms. The minimum Gasteiger partial charge on any atom is -0.474 e. The number of hydrogen-bond acceptors (Lipinski definition) is 4. The van der Waals surface area contributed by atoms with E-state index in [4.69, 9.17) is 4.74 Å². The van der Waals surface area contributed by atoms with Crippen molar-refractivity contribution in [3.05, 3.63) is 65.2 Å². The van der Waals surface area contributed by atoms with Crippen molar-refractivity contribution in [1.82, 2.24) is 9.29 Å². The molecular weight excluding hydrogens is 360 g/mol. The molecule has 2 bridgehead atoms. The van der Waals surface area contributed by atoms with Crippen LogP contribution in [-0.2, 0) is 10.0 Å². The van der Waals surface area contributed by atoms with E-state index in [0.717, 1.165) is 24.0 Å². The Bertz CT molecular complexity index is 896. The van der Waals surface area contributed by atoms with Gasteiger partial charge < -0.3 is 4.74 Å². The second kappa shape index (κ2) is 7.44. The minimum absolute atomic E-state index is 0.00475. The van der Waals surface area contributed by atoms with Crippen LogP contribution in [0.3, 0.4) is 0 Å². The van der Waals surface area contributed by atoms with Crippen molar-refractivity contribution in [3.8, 4) is 5.88 Å². The Morgan fingerprint density at radius 1 is 1.07 bits per heavy atom. The first kappa shape index (κ1) is 18.2. The predicted molar refractivity (Wildman–Crippen MR) is 106 cm³/mol. The van der Waals surface area contributed by atoms with E-state index in [1.165, 1.54) is 5.41 Å². The largest absolute Gasteiger partial charge is 0.474 e. The molecule has 0 radical (unpaired) electrons. The summed E-state index contributed by atoms with van der Waals surface area (Å²) >= 11 is 0. The predicted octanol–water partition coefficient (Wildman–Crippen LogP) is 3.76. The Hall–Kier alpha value is -2.18. The van der Waals surface area contributed by atoms with Crippen molar-refractivity contribution in [1.29, 1.82) is 0 Å². The average molecular weight is 385 g/mol. The van der Waals surface area contributed by atoms with Crippen LogP contribution in [0.5, 0.6) is 5.88 Å². The summed E-state index contributed by atoms with van der Waals surface area (Å²) in [5.41, 5.74) is 2.05. The first-order valence-electron chi connectivity index (χ1n) is 9.37. The van der Waals surface area contributed by atoms with Gasteiger partial charge in [0.1, 0.15) is 6.10 Å². The van der Waals surface area contributed by atoms with Crippen LogP contribution >= 0.6 is 0 Å². The number of rotatable bonds is 5. The van der Waals surface area contributed by atoms with Gasteiger partial charge in [-0.25, -0.2) is 13.4 Å². The molecule has 2 aromatic rings. The van der Waals surface area contributed by atoms with Crippen molar-refractivity contribution >= 4 is 16.1 Å². The molecule has 0 aliphatic carbocycles. The van der Waals surface area contributed by atoms with E-state index in [1.807, 2.05) is 49.4 Å². The molecule has 142 valence electrons. The van der Waals surface area contributed by atoms with Gasteiger partial charge in [0.05, 0.1) is 0 Å². The molecule has 2 fully saturated rings. The highest BCUT2D eigenvalue weighted by Crippen LogP contribution is 2.39. The van der Waals surface area contributed by atoms with E-state index in [1.54, 1.807) is 16.6 Å². The smallest absolute Gasteiger partial charge is 0.236 e. The monoisotopic (exact) mass is 384 g/mol. The maximum absolute atomic E-state index is 12.9. The Balaban J connectivity index is 1.46. The molecule has 0 N–H and O–H groups in total. The van der Waals surface area contributed by atoms with Gasteiger partial charge in [-0.1, -0.05) is 35.9 Å². The van der Waals surface area contributed by atoms with Gasteiger partial charge in [-0.05, 0) is 37.5 Å². The number of aryl methyl sites for hydroxylation is 1. The van der Waals surface area contributed by atoms with Crippen molar-refractivity contribution in [3.63, 3.8) is 0 Å². The fourth-order valence-electron chi connectivity index (χ4n) is 4.10. The quantitative estimate of drug-likeness (QED) is 0.787. The number of pyridine rings is 1. The molecule has 2 atom stereocenters. The van der Waals surface area contributed by atoms with Gasteiger partial charge in [-0.15, -0.1) is 0 Å². The van der Waals surface area contributed by atoms with E-state index >= 15 is 0 Å². The molecule has 0 spiro atoms. The topological polar surface area (TPSA) is 59.5 Å². The highest BCUT2D eigenvalue weighted by Gasteiger charge is 2.46. The number of ether oxygens (including phenoxy) is 1. The first-order valence-corrected chi connectivity index (χ1v) is 10.9. The molecule has 0 saturated carbocycles. The SMILES string of the molecule is Cc1ccc(/C=C/S(=O)(=O)N2C3CCC2CC(Oc2ccccn2)C3)cc1. The lowest BCUT2D eigenvalue weighted by atomic mass is 10.0. The van der Waals surface area contributed by atoms with Gasteiger partial charge in [0.25, 0.3) is 0 Å².